The zero-order valence-electron chi connectivity index (χ0n) is 19.4. The molecule has 0 fully saturated rings. The Hall–Kier alpha value is -3.37. The maximum absolute atomic E-state index is 14.0. The molecule has 7 nitrogen and oxygen atoms in total. The van der Waals surface area contributed by atoms with Gasteiger partial charge in [-0.3, -0.25) is 10.1 Å². The summed E-state index contributed by atoms with van der Waals surface area (Å²) in [7, 11) is 1.29. The quantitative estimate of drug-likeness (QED) is 0.388. The van der Waals surface area contributed by atoms with Gasteiger partial charge in [-0.15, -0.1) is 0 Å². The minimum atomic E-state index is -3.51. The number of halogens is 4. The fourth-order valence-electron chi connectivity index (χ4n) is 3.54. The average Bonchev–Trinajstić information content (AvgIpc) is 2.86. The van der Waals surface area contributed by atoms with Crippen molar-refractivity contribution in [1.82, 2.24) is 9.88 Å². The SMILES string of the molecule is CN(C(=O)CCc1cccc(F)c1Cl)[C@H](COC(=O)Nc1cc2ccccc2cn1)CC(F)(F)CO. The molecule has 192 valence electrons. The first kappa shape index (κ1) is 27.2. The number of pyridine rings is 1. The van der Waals surface area contributed by atoms with E-state index in [2.05, 4.69) is 10.3 Å². The molecule has 0 aliphatic rings. The molecule has 11 heteroatoms. The van der Waals surface area contributed by atoms with E-state index in [1.165, 1.54) is 19.2 Å². The second-order valence-electron chi connectivity index (χ2n) is 8.23. The Morgan fingerprint density at radius 3 is 2.64 bits per heavy atom. The maximum Gasteiger partial charge on any atom is 0.412 e. The number of rotatable bonds is 10. The van der Waals surface area contributed by atoms with Gasteiger partial charge in [0, 0.05) is 31.5 Å². The molecule has 2 aromatic carbocycles. The van der Waals surface area contributed by atoms with Crippen LogP contribution in [0.2, 0.25) is 5.02 Å². The van der Waals surface area contributed by atoms with Crippen molar-refractivity contribution in [1.29, 1.82) is 0 Å². The summed E-state index contributed by atoms with van der Waals surface area (Å²) in [6.07, 6.45) is -0.380. The van der Waals surface area contributed by atoms with Crippen molar-refractivity contribution in [2.24, 2.45) is 0 Å². The number of aliphatic hydroxyl groups excluding tert-OH is 1. The van der Waals surface area contributed by atoms with Crippen LogP contribution in [0.15, 0.2) is 54.7 Å². The van der Waals surface area contributed by atoms with Crippen LogP contribution < -0.4 is 5.32 Å². The summed E-state index contributed by atoms with van der Waals surface area (Å²) >= 11 is 5.91. The number of aliphatic hydroxyl groups is 1. The maximum atomic E-state index is 14.0. The molecule has 0 bridgehead atoms. The van der Waals surface area contributed by atoms with Gasteiger partial charge in [-0.05, 0) is 29.5 Å². The van der Waals surface area contributed by atoms with Gasteiger partial charge in [-0.1, -0.05) is 48.0 Å². The number of carbonyl (C=O) groups excluding carboxylic acids is 2. The Bertz CT molecular complexity index is 1230. The number of carbonyl (C=O) groups is 2. The molecule has 0 unspecified atom stereocenters. The minimum absolute atomic E-state index is 0.0812. The summed E-state index contributed by atoms with van der Waals surface area (Å²) in [4.78, 5) is 30.1. The average molecular weight is 524 g/mol. The molecule has 0 saturated heterocycles. The highest BCUT2D eigenvalue weighted by molar-refractivity contribution is 6.31. The molecule has 36 heavy (non-hydrogen) atoms. The topological polar surface area (TPSA) is 91.8 Å². The van der Waals surface area contributed by atoms with Crippen molar-refractivity contribution in [3.05, 3.63) is 71.1 Å². The molecule has 0 radical (unpaired) electrons. The molecule has 0 spiro atoms. The molecule has 0 aliphatic carbocycles. The van der Waals surface area contributed by atoms with Crippen LogP contribution in [0.1, 0.15) is 18.4 Å². The van der Waals surface area contributed by atoms with Gasteiger partial charge in [0.2, 0.25) is 5.91 Å². The zero-order valence-corrected chi connectivity index (χ0v) is 20.1. The van der Waals surface area contributed by atoms with Gasteiger partial charge in [-0.2, -0.15) is 0 Å². The van der Waals surface area contributed by atoms with Gasteiger partial charge in [0.15, 0.2) is 0 Å². The first-order valence-electron chi connectivity index (χ1n) is 11.1. The van der Waals surface area contributed by atoms with Crippen molar-refractivity contribution in [2.45, 2.75) is 31.2 Å². The van der Waals surface area contributed by atoms with Gasteiger partial charge >= 0.3 is 6.09 Å². The number of benzene rings is 2. The van der Waals surface area contributed by atoms with E-state index in [1.807, 2.05) is 24.3 Å². The lowest BCUT2D eigenvalue weighted by molar-refractivity contribution is -0.136. The Morgan fingerprint density at radius 2 is 1.92 bits per heavy atom. The highest BCUT2D eigenvalue weighted by Gasteiger charge is 2.35. The normalized spacial score (nSPS) is 12.3. The van der Waals surface area contributed by atoms with E-state index in [-0.39, 0.29) is 23.7 Å². The van der Waals surface area contributed by atoms with Gasteiger partial charge in [0.05, 0.1) is 11.1 Å². The molecule has 1 atom stereocenters. The Balaban J connectivity index is 1.63. The number of alkyl halides is 2. The number of aromatic nitrogens is 1. The van der Waals surface area contributed by atoms with Gasteiger partial charge in [0.1, 0.15) is 24.8 Å². The highest BCUT2D eigenvalue weighted by Crippen LogP contribution is 2.24. The predicted molar refractivity (Wildman–Crippen MR) is 130 cm³/mol. The number of ether oxygens (including phenoxy) is 1. The van der Waals surface area contributed by atoms with E-state index in [9.17, 15) is 22.8 Å². The van der Waals surface area contributed by atoms with Crippen LogP contribution in [0.3, 0.4) is 0 Å². The third kappa shape index (κ3) is 7.32. The van der Waals surface area contributed by atoms with E-state index >= 15 is 0 Å². The van der Waals surface area contributed by atoms with Crippen molar-refractivity contribution in [3.63, 3.8) is 0 Å². The van der Waals surface area contributed by atoms with Crippen LogP contribution in [-0.2, 0) is 16.0 Å². The van der Waals surface area contributed by atoms with Crippen LogP contribution in [0.25, 0.3) is 10.8 Å². The second-order valence-corrected chi connectivity index (χ2v) is 8.61. The second kappa shape index (κ2) is 12.0. The van der Waals surface area contributed by atoms with Crippen LogP contribution in [-0.4, -0.2) is 59.2 Å². The summed E-state index contributed by atoms with van der Waals surface area (Å²) in [5, 5.41) is 13.0. The first-order chi connectivity index (χ1) is 17.1. The Labute approximate surface area is 210 Å². The van der Waals surface area contributed by atoms with Crippen LogP contribution in [0.4, 0.5) is 23.8 Å². The number of hydrogen-bond acceptors (Lipinski definition) is 5. The number of likely N-dealkylation sites (N-methyl/N-ethyl adjacent to an activating group) is 1. The van der Waals surface area contributed by atoms with Crippen LogP contribution in [0.5, 0.6) is 0 Å². The third-order valence-electron chi connectivity index (χ3n) is 5.61. The molecular weight excluding hydrogens is 499 g/mol. The smallest absolute Gasteiger partial charge is 0.412 e. The van der Waals surface area contributed by atoms with E-state index in [4.69, 9.17) is 21.4 Å². The lowest BCUT2D eigenvalue weighted by atomic mass is 10.1. The lowest BCUT2D eigenvalue weighted by Gasteiger charge is -2.30. The van der Waals surface area contributed by atoms with E-state index in [0.717, 1.165) is 15.7 Å². The summed E-state index contributed by atoms with van der Waals surface area (Å²) in [6.45, 7) is -1.99. The highest BCUT2D eigenvalue weighted by atomic mass is 35.5. The standard InChI is InChI=1S/C25H25ClF3N3O4/c1-32(22(34)10-9-16-7-4-8-20(27)23(16)26)19(12-25(28,29)15-33)14-36-24(35)31-21-11-17-5-2-3-6-18(17)13-30-21/h2-8,11,13,19,33H,9-10,12,14-15H2,1H3,(H,30,31,35)/t19-/m0/s1. The fourth-order valence-corrected chi connectivity index (χ4v) is 3.76. The molecule has 2 amide bonds. The summed E-state index contributed by atoms with van der Waals surface area (Å²) in [5.41, 5.74) is 0.397. The summed E-state index contributed by atoms with van der Waals surface area (Å²) in [5.74, 6) is -4.48. The van der Waals surface area contributed by atoms with E-state index < -0.39 is 49.4 Å². The molecule has 0 saturated carbocycles. The number of hydrogen-bond donors (Lipinski definition) is 2. The van der Waals surface area contributed by atoms with Crippen LogP contribution >= 0.6 is 11.6 Å². The fraction of sp³-hybridized carbons (Fsp3) is 0.320. The largest absolute Gasteiger partial charge is 0.447 e. The molecule has 1 heterocycles. The van der Waals surface area contributed by atoms with Crippen LogP contribution in [0, 0.1) is 5.82 Å². The molecule has 3 aromatic rings. The number of nitrogens with zero attached hydrogens (tertiary/aromatic N) is 2. The first-order valence-corrected chi connectivity index (χ1v) is 11.4. The van der Waals surface area contributed by atoms with Gasteiger partial charge in [0.25, 0.3) is 5.92 Å². The van der Waals surface area contributed by atoms with Crippen molar-refractivity contribution >= 4 is 40.2 Å². The Kier molecular flexibility index (Phi) is 9.11. The minimum Gasteiger partial charge on any atom is -0.447 e. The number of nitrogens with one attached hydrogen (secondary N) is 1. The van der Waals surface area contributed by atoms with E-state index in [0.29, 0.717) is 5.56 Å². The number of aryl methyl sites for hydroxylation is 1. The lowest BCUT2D eigenvalue weighted by Crippen LogP contribution is -2.45. The molecule has 1 aromatic heterocycles. The number of anilines is 1. The van der Waals surface area contributed by atoms with Gasteiger partial charge < -0.3 is 14.7 Å². The molecule has 2 N–H and O–H groups in total. The number of amides is 2. The molecule has 0 aliphatic heterocycles. The third-order valence-corrected chi connectivity index (χ3v) is 6.04. The van der Waals surface area contributed by atoms with Crippen molar-refractivity contribution in [2.75, 3.05) is 25.6 Å². The van der Waals surface area contributed by atoms with E-state index in [1.54, 1.807) is 18.3 Å². The van der Waals surface area contributed by atoms with Crippen molar-refractivity contribution < 1.29 is 32.6 Å². The zero-order chi connectivity index (χ0) is 26.3. The predicted octanol–water partition coefficient (Wildman–Crippen LogP) is 5.05. The Morgan fingerprint density at radius 1 is 1.19 bits per heavy atom. The molecule has 3 rings (SSSR count). The number of fused-ring (bicyclic) bond motifs is 1. The monoisotopic (exact) mass is 523 g/mol. The van der Waals surface area contributed by atoms with Crippen molar-refractivity contribution in [3.8, 4) is 0 Å². The summed E-state index contributed by atoms with van der Waals surface area (Å²) < 4.78 is 46.7. The summed E-state index contributed by atoms with van der Waals surface area (Å²) in [6, 6.07) is 11.9. The molecular formula is C25H25ClF3N3O4. The van der Waals surface area contributed by atoms with Gasteiger partial charge in [-0.25, -0.2) is 22.9 Å².